The number of ketones is 2. The van der Waals surface area contributed by atoms with Gasteiger partial charge in [-0.25, -0.2) is 14.4 Å². The highest BCUT2D eigenvalue weighted by atomic mass is 16.6. The summed E-state index contributed by atoms with van der Waals surface area (Å²) < 4.78 is 11.5. The van der Waals surface area contributed by atoms with E-state index < -0.39 is 60.0 Å². The second-order valence-electron chi connectivity index (χ2n) is 22.1. The van der Waals surface area contributed by atoms with Crippen LogP contribution in [0.5, 0.6) is 0 Å². The van der Waals surface area contributed by atoms with Crippen LogP contribution in [0.4, 0.5) is 9.59 Å². The molecule has 9 aromatic carbocycles. The first-order valence-corrected chi connectivity index (χ1v) is 29.6. The normalized spacial score (nSPS) is 13.6. The Hall–Kier alpha value is -10.7. The molecule has 9 aromatic rings. The summed E-state index contributed by atoms with van der Waals surface area (Å²) in [4.78, 5) is 92.0. The maximum Gasteiger partial charge on any atom is 0.407 e. The number of nitrogens with one attached hydrogen (secondary N) is 3. The minimum atomic E-state index is -1.20. The molecule has 0 bridgehead atoms. The minimum Gasteiger partial charge on any atom is -0.481 e. The molecule has 0 unspecified atom stereocenters. The van der Waals surface area contributed by atoms with Gasteiger partial charge in [0.15, 0.2) is 11.6 Å². The van der Waals surface area contributed by atoms with E-state index in [9.17, 15) is 43.8 Å². The Morgan fingerprint density at radius 1 is 0.337 bits per heavy atom. The maximum absolute atomic E-state index is 14.1. The highest BCUT2D eigenvalue weighted by Crippen LogP contribution is 2.46. The van der Waals surface area contributed by atoms with Crippen LogP contribution in [0.2, 0.25) is 0 Å². The lowest BCUT2D eigenvalue weighted by molar-refractivity contribution is -0.142. The first-order chi connectivity index (χ1) is 43.4. The molecule has 0 aliphatic heterocycles. The molecule has 3 amide bonds. The van der Waals surface area contributed by atoms with E-state index in [0.29, 0.717) is 11.1 Å². The molecule has 0 saturated carbocycles. The van der Waals surface area contributed by atoms with Gasteiger partial charge in [0.2, 0.25) is 5.91 Å². The smallest absolute Gasteiger partial charge is 0.407 e. The van der Waals surface area contributed by atoms with Crippen molar-refractivity contribution in [2.24, 2.45) is 0 Å². The van der Waals surface area contributed by atoms with E-state index in [1.165, 1.54) is 0 Å². The van der Waals surface area contributed by atoms with Gasteiger partial charge in [-0.2, -0.15) is 0 Å². The van der Waals surface area contributed by atoms with Crippen LogP contribution in [-0.2, 0) is 52.7 Å². The van der Waals surface area contributed by atoms with E-state index in [1.54, 1.807) is 84.9 Å². The largest absolute Gasteiger partial charge is 0.481 e. The summed E-state index contributed by atoms with van der Waals surface area (Å²) in [5.41, 5.74) is 12.3. The van der Waals surface area contributed by atoms with Crippen molar-refractivity contribution in [3.05, 3.63) is 299 Å². The Kier molecular flexibility index (Phi) is 20.4. The highest BCUT2D eigenvalue weighted by Gasteiger charge is 2.35. The molecule has 5 N–H and O–H groups in total. The number of aliphatic carboxylic acids is 2. The Labute approximate surface area is 516 Å². The van der Waals surface area contributed by atoms with Crippen LogP contribution in [0.25, 0.3) is 22.3 Å². The number of carbonyl (C=O) groups excluding carboxylic acids is 5. The third-order valence-electron chi connectivity index (χ3n) is 16.3. The fraction of sp³-hybridized carbons (Fsp3) is 0.187. The van der Waals surface area contributed by atoms with Crippen LogP contribution in [0.3, 0.4) is 0 Å². The maximum atomic E-state index is 14.1. The predicted molar refractivity (Wildman–Crippen MR) is 339 cm³/mol. The van der Waals surface area contributed by atoms with Crippen molar-refractivity contribution in [1.82, 2.24) is 16.0 Å². The Morgan fingerprint density at radius 2 is 0.629 bits per heavy atom. The van der Waals surface area contributed by atoms with Gasteiger partial charge in [0.25, 0.3) is 0 Å². The molecule has 11 rings (SSSR count). The molecular weight excluding hydrogens is 1120 g/mol. The summed E-state index contributed by atoms with van der Waals surface area (Å²) in [5, 5.41) is 28.0. The van der Waals surface area contributed by atoms with Crippen molar-refractivity contribution in [3.63, 3.8) is 0 Å². The predicted octanol–water partition coefficient (Wildman–Crippen LogP) is 12.7. The van der Waals surface area contributed by atoms with Gasteiger partial charge in [0, 0.05) is 31.1 Å². The first-order valence-electron chi connectivity index (χ1n) is 29.6. The third kappa shape index (κ3) is 15.6. The van der Waals surface area contributed by atoms with E-state index in [-0.39, 0.29) is 68.7 Å². The quantitative estimate of drug-likeness (QED) is 0.0384. The van der Waals surface area contributed by atoms with E-state index in [0.717, 1.165) is 61.2 Å². The molecule has 0 saturated heterocycles. The zero-order valence-electron chi connectivity index (χ0n) is 48.7. The fourth-order valence-corrected chi connectivity index (χ4v) is 11.8. The molecule has 2 aliphatic rings. The summed E-state index contributed by atoms with van der Waals surface area (Å²) in [5.74, 6) is -5.89. The van der Waals surface area contributed by atoms with Crippen LogP contribution in [-0.4, -0.2) is 83.2 Å². The van der Waals surface area contributed by atoms with Gasteiger partial charge in [-0.1, -0.05) is 249 Å². The number of carboxylic acids is 2. The van der Waals surface area contributed by atoms with Crippen molar-refractivity contribution in [2.45, 2.75) is 73.9 Å². The van der Waals surface area contributed by atoms with Crippen molar-refractivity contribution >= 4 is 41.6 Å². The summed E-state index contributed by atoms with van der Waals surface area (Å²) in [6, 6.07) is 74.1. The molecule has 14 nitrogen and oxygen atoms in total. The molecule has 0 fully saturated rings. The van der Waals surface area contributed by atoms with Crippen LogP contribution in [0.15, 0.2) is 249 Å². The molecule has 0 heterocycles. The molecule has 5 atom stereocenters. The lowest BCUT2D eigenvalue weighted by Crippen LogP contribution is -2.47. The van der Waals surface area contributed by atoms with Crippen LogP contribution < -0.4 is 16.0 Å². The monoisotopic (exact) mass is 1190 g/mol. The van der Waals surface area contributed by atoms with E-state index >= 15 is 0 Å². The number of carboxylic acid groups (broad SMARTS) is 2. The standard InChI is InChI=1S/C42H38N2O6.C33H29NO5/c45-39(26-35(30-18-8-3-9-19-30)40(46)43-38(41(47)48)25-29-16-6-2-7-17-29)37(24-28-14-4-1-5-15-28)44-42(49)50-27-36-33-22-12-10-20-31(33)32-21-11-13-23-34(32)36;35-31(20-28(32(36)37)23-13-5-2-6-14-23)30(19-22-11-3-1-4-12-22)34-33(38)39-21-29-26-17-9-7-15-24(26)25-16-8-10-18-27(25)29/h1-23,35-38H,24-27H2,(H,43,46)(H,44,49)(H,47,48);1-18,28-30H,19-21H2,(H,34,38)(H,36,37)/t35-,37+,38+;28-,30+/m11/s1. The van der Waals surface area contributed by atoms with Gasteiger partial charge in [0.05, 0.1) is 23.9 Å². The lowest BCUT2D eigenvalue weighted by Gasteiger charge is -2.24. The Balaban J connectivity index is 0.000000202. The average molecular weight is 1190 g/mol. The second kappa shape index (κ2) is 29.6. The fourth-order valence-electron chi connectivity index (χ4n) is 11.8. The summed E-state index contributed by atoms with van der Waals surface area (Å²) >= 11 is 0. The van der Waals surface area contributed by atoms with E-state index in [4.69, 9.17) is 9.47 Å². The SMILES string of the molecule is O=C(N[C@@H](Cc1ccccc1)C(=O)C[C@@H](C(=O)N[C@@H](Cc1ccccc1)C(=O)O)c1ccccc1)OCC1c2ccccc2-c2ccccc21.O=C(N[C@@H](Cc1ccccc1)C(=O)C[C@@H](C(=O)O)c1ccccc1)OCC1c2ccccc2-c2ccccc21. The topological polar surface area (TPSA) is 214 Å². The van der Waals surface area contributed by atoms with Crippen LogP contribution in [0, 0.1) is 0 Å². The van der Waals surface area contributed by atoms with Crippen molar-refractivity contribution < 1.29 is 53.2 Å². The number of carbonyl (C=O) groups is 7. The average Bonchev–Trinajstić information content (AvgIpc) is 3.12. The van der Waals surface area contributed by atoms with E-state index in [2.05, 4.69) is 40.2 Å². The first kappa shape index (κ1) is 61.4. The van der Waals surface area contributed by atoms with E-state index in [1.807, 2.05) is 140 Å². The van der Waals surface area contributed by atoms with Crippen LogP contribution in [0.1, 0.15) is 86.6 Å². The summed E-state index contributed by atoms with van der Waals surface area (Å²) in [6.07, 6.45) is -1.48. The van der Waals surface area contributed by atoms with Gasteiger partial charge >= 0.3 is 24.1 Å². The zero-order valence-corrected chi connectivity index (χ0v) is 48.7. The number of hydrogen-bond acceptors (Lipinski definition) is 9. The second-order valence-corrected chi connectivity index (χ2v) is 22.1. The number of benzene rings is 9. The molecule has 89 heavy (non-hydrogen) atoms. The van der Waals surface area contributed by atoms with Crippen molar-refractivity contribution in [2.75, 3.05) is 13.2 Å². The number of Topliss-reactive ketones (excluding diaryl/α,β-unsaturated/α-hetero) is 2. The van der Waals surface area contributed by atoms with Crippen molar-refractivity contribution in [1.29, 1.82) is 0 Å². The number of alkyl carbamates (subject to hydrolysis) is 2. The molecular formula is C75H67N3O11. The third-order valence-corrected chi connectivity index (χ3v) is 16.3. The molecule has 0 aromatic heterocycles. The number of fused-ring (bicyclic) bond motifs is 6. The number of amides is 3. The zero-order chi connectivity index (χ0) is 62.1. The Morgan fingerprint density at radius 3 is 0.966 bits per heavy atom. The molecule has 448 valence electrons. The molecule has 14 heteroatoms. The number of rotatable bonds is 24. The minimum absolute atomic E-state index is 0.0807. The van der Waals surface area contributed by atoms with Gasteiger partial charge in [-0.05, 0) is 85.2 Å². The Bertz CT molecular complexity index is 3830. The lowest BCUT2D eigenvalue weighted by atomic mass is 9.89. The van der Waals surface area contributed by atoms with Crippen molar-refractivity contribution in [3.8, 4) is 22.3 Å². The highest BCUT2D eigenvalue weighted by molar-refractivity contribution is 5.96. The van der Waals surface area contributed by atoms with Gasteiger partial charge in [0.1, 0.15) is 19.3 Å². The van der Waals surface area contributed by atoms with Gasteiger partial charge < -0.3 is 35.6 Å². The summed E-state index contributed by atoms with van der Waals surface area (Å²) in [6.45, 7) is 0.201. The van der Waals surface area contributed by atoms with Gasteiger partial charge in [-0.3, -0.25) is 19.2 Å². The number of ether oxygens (including phenoxy) is 2. The number of hydrogen-bond donors (Lipinski definition) is 5. The summed E-state index contributed by atoms with van der Waals surface area (Å²) in [7, 11) is 0. The molecule has 2 aliphatic carbocycles. The molecule has 0 radical (unpaired) electrons. The van der Waals surface area contributed by atoms with Crippen LogP contribution >= 0.6 is 0 Å². The molecule has 0 spiro atoms. The van der Waals surface area contributed by atoms with Gasteiger partial charge in [-0.15, -0.1) is 0 Å².